The fourth-order valence-electron chi connectivity index (χ4n) is 2.90. The van der Waals surface area contributed by atoms with E-state index >= 15 is 0 Å². The first-order valence-corrected chi connectivity index (χ1v) is 9.79. The van der Waals surface area contributed by atoms with E-state index in [0.29, 0.717) is 19.3 Å². The van der Waals surface area contributed by atoms with Gasteiger partial charge in [0.15, 0.2) is 0 Å². The van der Waals surface area contributed by atoms with Crippen LogP contribution in [0.25, 0.3) is 0 Å². The lowest BCUT2D eigenvalue weighted by Crippen LogP contribution is -2.55. The molecule has 0 aliphatic rings. The third kappa shape index (κ3) is 7.97. The topological polar surface area (TPSA) is 143 Å². The van der Waals surface area contributed by atoms with Crippen molar-refractivity contribution in [3.8, 4) is 5.75 Å². The van der Waals surface area contributed by atoms with Crippen molar-refractivity contribution in [3.63, 3.8) is 0 Å². The van der Waals surface area contributed by atoms with Crippen LogP contribution in [0.15, 0.2) is 42.9 Å². The molecule has 2 aromatic rings. The van der Waals surface area contributed by atoms with Crippen LogP contribution >= 0.6 is 0 Å². The van der Waals surface area contributed by atoms with Crippen molar-refractivity contribution in [2.75, 3.05) is 20.8 Å². The average Bonchev–Trinajstić information content (AvgIpc) is 2.78. The normalized spacial score (nSPS) is 12.5. The highest BCUT2D eigenvalue weighted by Gasteiger charge is 2.29. The Labute approximate surface area is 181 Å². The molecule has 0 aliphatic heterocycles. The minimum Gasteiger partial charge on any atom is -0.497 e. The number of benzene rings is 1. The molecule has 1 heterocycles. The third-order valence-electron chi connectivity index (χ3n) is 4.58. The number of methoxy groups -OCH3 is 2. The van der Waals surface area contributed by atoms with Gasteiger partial charge in [0.1, 0.15) is 17.5 Å². The van der Waals surface area contributed by atoms with Gasteiger partial charge in [-0.1, -0.05) is 12.1 Å². The minimum absolute atomic E-state index is 0.0506. The zero-order chi connectivity index (χ0) is 22.6. The molecular weight excluding hydrogens is 403 g/mol. The predicted octanol–water partition coefficient (Wildman–Crippen LogP) is -0.250. The first kappa shape index (κ1) is 24.3. The zero-order valence-electron chi connectivity index (χ0n) is 17.5. The molecule has 11 heteroatoms. The first-order chi connectivity index (χ1) is 14.9. The number of aromatic nitrogens is 2. The van der Waals surface area contributed by atoms with Crippen molar-refractivity contribution in [2.24, 2.45) is 0 Å². The highest BCUT2D eigenvalue weighted by molar-refractivity contribution is 6.43. The third-order valence-corrected chi connectivity index (χ3v) is 4.58. The minimum atomic E-state index is -1.75. The maximum atomic E-state index is 12.6. The maximum absolute atomic E-state index is 12.6. The van der Waals surface area contributed by atoms with Gasteiger partial charge in [-0.2, -0.15) is 0 Å². The summed E-state index contributed by atoms with van der Waals surface area (Å²) in [5.74, 6) is -1.33. The fourth-order valence-corrected chi connectivity index (χ4v) is 2.90. The summed E-state index contributed by atoms with van der Waals surface area (Å²) in [5.41, 5.74) is 1.11. The lowest BCUT2D eigenvalue weighted by Gasteiger charge is -2.22. The SMILES string of the molecule is COCC(NC(=O)c1cnccn1)C(=O)N[C@@H](CCCc1ccc(OC)cc1)B(O)O. The van der Waals surface area contributed by atoms with Crippen LogP contribution in [0.2, 0.25) is 0 Å². The molecule has 2 rings (SSSR count). The van der Waals surface area contributed by atoms with Crippen molar-refractivity contribution in [2.45, 2.75) is 31.2 Å². The Morgan fingerprint density at radius 2 is 1.87 bits per heavy atom. The van der Waals surface area contributed by atoms with E-state index in [1.807, 2.05) is 24.3 Å². The molecule has 0 fully saturated rings. The smallest absolute Gasteiger partial charge is 0.475 e. The average molecular weight is 430 g/mol. The molecule has 4 N–H and O–H groups in total. The van der Waals surface area contributed by atoms with E-state index in [4.69, 9.17) is 9.47 Å². The van der Waals surface area contributed by atoms with Gasteiger partial charge in [0.2, 0.25) is 5.91 Å². The summed E-state index contributed by atoms with van der Waals surface area (Å²) in [4.78, 5) is 32.6. The number of carbonyl (C=O) groups is 2. The number of nitrogens with zero attached hydrogens (tertiary/aromatic N) is 2. The molecule has 1 aromatic heterocycles. The summed E-state index contributed by atoms with van der Waals surface area (Å²) in [6.07, 6.45) is 5.68. The number of nitrogens with one attached hydrogen (secondary N) is 2. The summed E-state index contributed by atoms with van der Waals surface area (Å²) < 4.78 is 10.1. The van der Waals surface area contributed by atoms with E-state index in [2.05, 4.69) is 20.6 Å². The predicted molar refractivity (Wildman–Crippen MR) is 113 cm³/mol. The standard InChI is InChI=1S/C20H27BN4O6/c1-30-13-17(24-19(26)16-12-22-10-11-23-16)20(27)25-18(21(28)29)5-3-4-14-6-8-15(31-2)9-7-14/h6-12,17-18,28-29H,3-5,13H2,1-2H3,(H,24,26)(H,25,27)/t17?,18-/m0/s1. The van der Waals surface area contributed by atoms with Gasteiger partial charge in [0, 0.05) is 19.5 Å². The molecule has 2 amide bonds. The van der Waals surface area contributed by atoms with E-state index in [-0.39, 0.29) is 12.3 Å². The number of ether oxygens (including phenoxy) is 2. The second kappa shape index (κ2) is 12.6. The van der Waals surface area contributed by atoms with E-state index in [1.54, 1.807) is 7.11 Å². The molecule has 31 heavy (non-hydrogen) atoms. The Bertz CT molecular complexity index is 822. The molecule has 0 aliphatic carbocycles. The first-order valence-electron chi connectivity index (χ1n) is 9.79. The van der Waals surface area contributed by atoms with Crippen LogP contribution in [0.3, 0.4) is 0 Å². The van der Waals surface area contributed by atoms with Crippen LogP contribution < -0.4 is 15.4 Å². The van der Waals surface area contributed by atoms with Gasteiger partial charge in [-0.15, -0.1) is 0 Å². The monoisotopic (exact) mass is 430 g/mol. The van der Waals surface area contributed by atoms with Crippen LogP contribution in [0, 0.1) is 0 Å². The summed E-state index contributed by atoms with van der Waals surface area (Å²) in [7, 11) is 1.23. The van der Waals surface area contributed by atoms with Crippen molar-refractivity contribution in [3.05, 3.63) is 54.1 Å². The maximum Gasteiger partial charge on any atom is 0.475 e. The Morgan fingerprint density at radius 3 is 2.45 bits per heavy atom. The number of rotatable bonds is 12. The zero-order valence-corrected chi connectivity index (χ0v) is 17.5. The highest BCUT2D eigenvalue weighted by atomic mass is 16.5. The summed E-state index contributed by atoms with van der Waals surface area (Å²) in [6, 6.07) is 6.52. The Balaban J connectivity index is 1.92. The highest BCUT2D eigenvalue weighted by Crippen LogP contribution is 2.14. The van der Waals surface area contributed by atoms with Crippen LogP contribution in [-0.4, -0.2) is 71.8 Å². The molecule has 0 saturated heterocycles. The molecule has 0 spiro atoms. The molecule has 166 valence electrons. The lowest BCUT2D eigenvalue weighted by molar-refractivity contribution is -0.124. The summed E-state index contributed by atoms with van der Waals surface area (Å²) >= 11 is 0. The van der Waals surface area contributed by atoms with Crippen LogP contribution in [0.5, 0.6) is 5.75 Å². The van der Waals surface area contributed by atoms with E-state index in [1.165, 1.54) is 25.7 Å². The van der Waals surface area contributed by atoms with Crippen molar-refractivity contribution in [1.82, 2.24) is 20.6 Å². The van der Waals surface area contributed by atoms with Crippen molar-refractivity contribution >= 4 is 18.9 Å². The molecule has 0 radical (unpaired) electrons. The quantitative estimate of drug-likeness (QED) is 0.338. The van der Waals surface area contributed by atoms with Gasteiger partial charge in [-0.05, 0) is 37.0 Å². The largest absolute Gasteiger partial charge is 0.497 e. The fraction of sp³-hybridized carbons (Fsp3) is 0.400. The van der Waals surface area contributed by atoms with Gasteiger partial charge in [0.05, 0.1) is 25.9 Å². The van der Waals surface area contributed by atoms with Crippen LogP contribution in [0.4, 0.5) is 0 Å². The van der Waals surface area contributed by atoms with Crippen molar-refractivity contribution in [1.29, 1.82) is 0 Å². The van der Waals surface area contributed by atoms with Crippen molar-refractivity contribution < 1.29 is 29.1 Å². The Hall–Kier alpha value is -3.02. The van der Waals surface area contributed by atoms with Crippen LogP contribution in [0.1, 0.15) is 28.9 Å². The van der Waals surface area contributed by atoms with Gasteiger partial charge in [-0.25, -0.2) is 4.98 Å². The second-order valence-corrected chi connectivity index (χ2v) is 6.84. The Morgan fingerprint density at radius 1 is 1.13 bits per heavy atom. The molecule has 0 bridgehead atoms. The van der Waals surface area contributed by atoms with Crippen LogP contribution in [-0.2, 0) is 16.0 Å². The van der Waals surface area contributed by atoms with Gasteiger partial charge in [0.25, 0.3) is 5.91 Å². The van der Waals surface area contributed by atoms with E-state index in [0.717, 1.165) is 11.3 Å². The number of carbonyl (C=O) groups excluding carboxylic acids is 2. The second-order valence-electron chi connectivity index (χ2n) is 6.84. The van der Waals surface area contributed by atoms with E-state index < -0.39 is 30.9 Å². The lowest BCUT2D eigenvalue weighted by atomic mass is 9.76. The molecule has 0 saturated carbocycles. The number of amides is 2. The van der Waals surface area contributed by atoms with Gasteiger partial charge in [-0.3, -0.25) is 14.6 Å². The number of hydrogen-bond acceptors (Lipinski definition) is 8. The summed E-state index contributed by atoms with van der Waals surface area (Å²) in [6.45, 7) is -0.0993. The van der Waals surface area contributed by atoms with E-state index in [9.17, 15) is 19.6 Å². The molecule has 1 unspecified atom stereocenters. The molecule has 10 nitrogen and oxygen atoms in total. The number of hydrogen-bond donors (Lipinski definition) is 4. The number of aryl methyl sites for hydroxylation is 1. The molecule has 1 aromatic carbocycles. The van der Waals surface area contributed by atoms with Gasteiger partial charge >= 0.3 is 7.12 Å². The summed E-state index contributed by atoms with van der Waals surface area (Å²) in [5, 5.41) is 24.5. The Kier molecular flexibility index (Phi) is 9.88. The molecule has 2 atom stereocenters. The van der Waals surface area contributed by atoms with Gasteiger partial charge < -0.3 is 30.2 Å². The molecular formula is C20H27BN4O6.